The lowest BCUT2D eigenvalue weighted by molar-refractivity contribution is -0.0223. The summed E-state index contributed by atoms with van der Waals surface area (Å²) in [5, 5.41) is 17.4. The van der Waals surface area contributed by atoms with Crippen molar-refractivity contribution in [1.82, 2.24) is 5.01 Å². The van der Waals surface area contributed by atoms with E-state index in [-0.39, 0.29) is 11.8 Å². The summed E-state index contributed by atoms with van der Waals surface area (Å²) < 4.78 is 23.4. The first-order chi connectivity index (χ1) is 16.0. The fraction of sp³-hybridized carbons (Fsp3) is 0.269. The number of ether oxygens (including phenoxy) is 4. The number of aryl methyl sites for hydroxylation is 1. The molecule has 170 valence electrons. The molecule has 0 amide bonds. The highest BCUT2D eigenvalue weighted by molar-refractivity contribution is 6.04. The van der Waals surface area contributed by atoms with Crippen LogP contribution in [0.15, 0.2) is 59.7 Å². The maximum absolute atomic E-state index is 10.6. The molecule has 2 aliphatic heterocycles. The Bertz CT molecular complexity index is 1240. The highest BCUT2D eigenvalue weighted by atomic mass is 16.5. The first kappa shape index (κ1) is 21.0. The molecular weight excluding hydrogens is 420 g/mol. The second kappa shape index (κ2) is 8.24. The molecule has 3 aromatic rings. The largest absolute Gasteiger partial charge is 0.507 e. The summed E-state index contributed by atoms with van der Waals surface area (Å²) in [6, 6.07) is 17.0. The Hall–Kier alpha value is -3.87. The number of nitrogens with zero attached hydrogens (tertiary/aromatic N) is 2. The first-order valence-corrected chi connectivity index (χ1v) is 10.8. The SMILES string of the molecule is COc1cccc([C@H]2Oc3c(OC)cccc3[C@@H]3CC(c4cc(C)ccc4O)=NN23)c1OC. The Morgan fingerprint density at radius 3 is 2.39 bits per heavy atom. The van der Waals surface area contributed by atoms with Gasteiger partial charge >= 0.3 is 0 Å². The van der Waals surface area contributed by atoms with E-state index < -0.39 is 6.23 Å². The Balaban J connectivity index is 1.68. The number of aromatic hydroxyl groups is 1. The lowest BCUT2D eigenvalue weighted by Crippen LogP contribution is -2.34. The van der Waals surface area contributed by atoms with Crippen molar-refractivity contribution in [3.8, 4) is 28.7 Å². The van der Waals surface area contributed by atoms with E-state index in [2.05, 4.69) is 0 Å². The van der Waals surface area contributed by atoms with Crippen LogP contribution in [0.3, 0.4) is 0 Å². The Kier molecular flexibility index (Phi) is 5.24. The number of benzene rings is 3. The topological polar surface area (TPSA) is 72.8 Å². The summed E-state index contributed by atoms with van der Waals surface area (Å²) in [4.78, 5) is 0. The zero-order chi connectivity index (χ0) is 23.1. The smallest absolute Gasteiger partial charge is 0.217 e. The maximum Gasteiger partial charge on any atom is 0.217 e. The van der Waals surface area contributed by atoms with Crippen molar-refractivity contribution in [3.05, 3.63) is 76.9 Å². The molecule has 0 unspecified atom stereocenters. The first-order valence-electron chi connectivity index (χ1n) is 10.8. The lowest BCUT2D eigenvalue weighted by Gasteiger charge is -2.39. The number of rotatable bonds is 5. The zero-order valence-corrected chi connectivity index (χ0v) is 19.0. The van der Waals surface area contributed by atoms with Gasteiger partial charge in [0, 0.05) is 17.5 Å². The molecule has 2 heterocycles. The summed E-state index contributed by atoms with van der Waals surface area (Å²) in [7, 11) is 4.85. The molecule has 0 radical (unpaired) electrons. The molecule has 0 saturated carbocycles. The predicted octanol–water partition coefficient (Wildman–Crippen LogP) is 4.97. The number of phenolic OH excluding ortho intramolecular Hbond substituents is 1. The minimum Gasteiger partial charge on any atom is -0.507 e. The predicted molar refractivity (Wildman–Crippen MR) is 124 cm³/mol. The minimum absolute atomic E-state index is 0.0975. The summed E-state index contributed by atoms with van der Waals surface area (Å²) in [6.45, 7) is 2.00. The molecule has 0 aliphatic carbocycles. The van der Waals surface area contributed by atoms with Crippen LogP contribution in [0.1, 0.15) is 40.9 Å². The van der Waals surface area contributed by atoms with Crippen molar-refractivity contribution in [1.29, 1.82) is 0 Å². The summed E-state index contributed by atoms with van der Waals surface area (Å²) in [6.07, 6.45) is 0.0388. The average molecular weight is 447 g/mol. The van der Waals surface area contributed by atoms with Crippen LogP contribution < -0.4 is 18.9 Å². The normalized spacial score (nSPS) is 18.7. The number of phenols is 1. The van der Waals surface area contributed by atoms with Crippen LogP contribution in [0.5, 0.6) is 28.7 Å². The van der Waals surface area contributed by atoms with E-state index in [1.54, 1.807) is 27.4 Å². The summed E-state index contributed by atoms with van der Waals surface area (Å²) in [5.41, 5.74) is 4.35. The van der Waals surface area contributed by atoms with Gasteiger partial charge in [-0.15, -0.1) is 0 Å². The van der Waals surface area contributed by atoms with E-state index >= 15 is 0 Å². The van der Waals surface area contributed by atoms with Gasteiger partial charge in [0.1, 0.15) is 5.75 Å². The van der Waals surface area contributed by atoms with Gasteiger partial charge < -0.3 is 24.1 Å². The molecule has 0 fully saturated rings. The molecule has 7 heteroatoms. The van der Waals surface area contributed by atoms with Gasteiger partial charge in [0.15, 0.2) is 23.0 Å². The number of hydrogen-bond acceptors (Lipinski definition) is 7. The highest BCUT2D eigenvalue weighted by Crippen LogP contribution is 2.52. The van der Waals surface area contributed by atoms with Crippen LogP contribution in [-0.2, 0) is 0 Å². The number of methoxy groups -OCH3 is 3. The van der Waals surface area contributed by atoms with Gasteiger partial charge in [-0.05, 0) is 37.3 Å². The van der Waals surface area contributed by atoms with Crippen molar-refractivity contribution >= 4 is 5.71 Å². The molecular formula is C26H26N2O5. The Morgan fingerprint density at radius 2 is 1.67 bits per heavy atom. The van der Waals surface area contributed by atoms with Gasteiger partial charge in [-0.2, -0.15) is 5.10 Å². The van der Waals surface area contributed by atoms with Crippen molar-refractivity contribution in [2.45, 2.75) is 25.6 Å². The third-order valence-electron chi connectivity index (χ3n) is 6.16. The zero-order valence-electron chi connectivity index (χ0n) is 19.0. The van der Waals surface area contributed by atoms with E-state index in [4.69, 9.17) is 24.0 Å². The van der Waals surface area contributed by atoms with Crippen LogP contribution in [0.25, 0.3) is 0 Å². The van der Waals surface area contributed by atoms with Crippen LogP contribution in [0.4, 0.5) is 0 Å². The van der Waals surface area contributed by atoms with Crippen molar-refractivity contribution in [2.75, 3.05) is 21.3 Å². The van der Waals surface area contributed by atoms with Gasteiger partial charge in [0.2, 0.25) is 6.23 Å². The van der Waals surface area contributed by atoms with E-state index in [0.29, 0.717) is 29.4 Å². The van der Waals surface area contributed by atoms with Crippen molar-refractivity contribution in [3.63, 3.8) is 0 Å². The fourth-order valence-electron chi connectivity index (χ4n) is 4.60. The van der Waals surface area contributed by atoms with Gasteiger partial charge in [-0.1, -0.05) is 29.8 Å². The molecule has 5 rings (SSSR count). The third kappa shape index (κ3) is 3.40. The van der Waals surface area contributed by atoms with Crippen LogP contribution in [0, 0.1) is 6.92 Å². The van der Waals surface area contributed by atoms with Gasteiger partial charge in [-0.3, -0.25) is 0 Å². The van der Waals surface area contributed by atoms with Gasteiger partial charge in [0.05, 0.1) is 38.6 Å². The molecule has 2 atom stereocenters. The highest BCUT2D eigenvalue weighted by Gasteiger charge is 2.43. The van der Waals surface area contributed by atoms with Crippen LogP contribution in [-0.4, -0.2) is 37.2 Å². The summed E-state index contributed by atoms with van der Waals surface area (Å²) >= 11 is 0. The maximum atomic E-state index is 10.6. The summed E-state index contributed by atoms with van der Waals surface area (Å²) in [5.74, 6) is 2.75. The molecule has 3 aromatic carbocycles. The van der Waals surface area contributed by atoms with Gasteiger partial charge in [-0.25, -0.2) is 5.01 Å². The average Bonchev–Trinajstić information content (AvgIpc) is 3.29. The standard InChI is InChI=1S/C26H26N2O5/c1-15-11-12-21(29)18(13-15)19-14-20-16-7-5-10-23(31-3)25(16)33-26(28(20)27-19)17-8-6-9-22(30-2)24(17)32-4/h5-13,20,26,29H,14H2,1-4H3/t20-,26+/m0/s1. The Morgan fingerprint density at radius 1 is 0.939 bits per heavy atom. The van der Waals surface area contributed by atoms with Crippen LogP contribution >= 0.6 is 0 Å². The van der Waals surface area contributed by atoms with E-state index in [9.17, 15) is 5.11 Å². The number of hydrogen-bond donors (Lipinski definition) is 1. The Labute approximate surface area is 192 Å². The lowest BCUT2D eigenvalue weighted by atomic mass is 9.94. The molecule has 7 nitrogen and oxygen atoms in total. The van der Waals surface area contributed by atoms with E-state index in [1.807, 2.05) is 60.5 Å². The number of hydrazone groups is 1. The quantitative estimate of drug-likeness (QED) is 0.597. The fourth-order valence-corrected chi connectivity index (χ4v) is 4.60. The molecule has 0 spiro atoms. The minimum atomic E-state index is -0.576. The van der Waals surface area contributed by atoms with E-state index in [0.717, 1.165) is 28.0 Å². The van der Waals surface area contributed by atoms with Crippen molar-refractivity contribution in [2.24, 2.45) is 5.10 Å². The molecule has 0 saturated heterocycles. The van der Waals surface area contributed by atoms with E-state index in [1.165, 1.54) is 0 Å². The van der Waals surface area contributed by atoms with Crippen molar-refractivity contribution < 1.29 is 24.1 Å². The molecule has 0 bridgehead atoms. The third-order valence-corrected chi connectivity index (χ3v) is 6.16. The second-order valence-electron chi connectivity index (χ2n) is 8.10. The second-order valence-corrected chi connectivity index (χ2v) is 8.10. The number of para-hydroxylation sites is 2. The molecule has 2 aliphatic rings. The number of fused-ring (bicyclic) bond motifs is 3. The monoisotopic (exact) mass is 446 g/mol. The molecule has 1 N–H and O–H groups in total. The van der Waals surface area contributed by atoms with Gasteiger partial charge in [0.25, 0.3) is 0 Å². The molecule has 0 aromatic heterocycles. The van der Waals surface area contributed by atoms with Crippen LogP contribution in [0.2, 0.25) is 0 Å². The molecule has 33 heavy (non-hydrogen) atoms.